The summed E-state index contributed by atoms with van der Waals surface area (Å²) < 4.78 is 0. The van der Waals surface area contributed by atoms with Crippen LogP contribution >= 0.6 is 11.8 Å². The number of nitrogens with zero attached hydrogens (tertiary/aromatic N) is 1. The van der Waals surface area contributed by atoms with Crippen molar-refractivity contribution in [3.63, 3.8) is 0 Å². The second-order valence-corrected chi connectivity index (χ2v) is 6.32. The second-order valence-electron chi connectivity index (χ2n) is 5.44. The predicted octanol–water partition coefficient (Wildman–Crippen LogP) is 4.33. The van der Waals surface area contributed by atoms with Gasteiger partial charge in [0.15, 0.2) is 0 Å². The zero-order valence-electron chi connectivity index (χ0n) is 13.3. The van der Waals surface area contributed by atoms with Gasteiger partial charge in [-0.2, -0.15) is 0 Å². The molecule has 0 saturated carbocycles. The van der Waals surface area contributed by atoms with Gasteiger partial charge in [-0.15, -0.1) is 11.8 Å². The van der Waals surface area contributed by atoms with Gasteiger partial charge in [0.05, 0.1) is 0 Å². The predicted molar refractivity (Wildman–Crippen MR) is 94.2 cm³/mol. The zero-order chi connectivity index (χ0) is 15.2. The van der Waals surface area contributed by atoms with Crippen LogP contribution in [0, 0.1) is 0 Å². The Bertz CT molecular complexity index is 546. The minimum Gasteiger partial charge on any atom is -0.378 e. The second kappa shape index (κ2) is 7.53. The Balaban J connectivity index is 1.92. The quantitative estimate of drug-likeness (QED) is 0.800. The van der Waals surface area contributed by atoms with E-state index in [-0.39, 0.29) is 0 Å². The SMILES string of the molecule is CSc1ccc(C(C)NCc2ccc(N(C)C)cc2)cc1. The van der Waals surface area contributed by atoms with Crippen molar-refractivity contribution in [2.24, 2.45) is 0 Å². The van der Waals surface area contributed by atoms with Crippen molar-refractivity contribution in [1.29, 1.82) is 0 Å². The van der Waals surface area contributed by atoms with Crippen LogP contribution in [0.1, 0.15) is 24.1 Å². The molecule has 3 heteroatoms. The molecule has 0 heterocycles. The summed E-state index contributed by atoms with van der Waals surface area (Å²) in [6.07, 6.45) is 2.11. The van der Waals surface area contributed by atoms with E-state index in [1.54, 1.807) is 11.8 Å². The molecule has 0 amide bonds. The largest absolute Gasteiger partial charge is 0.378 e. The molecule has 112 valence electrons. The van der Waals surface area contributed by atoms with Gasteiger partial charge in [-0.25, -0.2) is 0 Å². The highest BCUT2D eigenvalue weighted by Gasteiger charge is 2.05. The van der Waals surface area contributed by atoms with E-state index in [4.69, 9.17) is 0 Å². The summed E-state index contributed by atoms with van der Waals surface area (Å²) in [7, 11) is 4.13. The van der Waals surface area contributed by atoms with Gasteiger partial charge in [0.2, 0.25) is 0 Å². The van der Waals surface area contributed by atoms with Crippen molar-refractivity contribution in [2.45, 2.75) is 24.4 Å². The topological polar surface area (TPSA) is 15.3 Å². The van der Waals surface area contributed by atoms with Gasteiger partial charge < -0.3 is 10.2 Å². The van der Waals surface area contributed by atoms with Crippen molar-refractivity contribution in [1.82, 2.24) is 5.32 Å². The van der Waals surface area contributed by atoms with Crippen molar-refractivity contribution in [3.05, 3.63) is 59.7 Å². The van der Waals surface area contributed by atoms with Gasteiger partial charge in [0, 0.05) is 37.3 Å². The molecule has 0 aliphatic heterocycles. The van der Waals surface area contributed by atoms with Crippen LogP contribution in [0.25, 0.3) is 0 Å². The van der Waals surface area contributed by atoms with E-state index in [1.165, 1.54) is 21.7 Å². The molecule has 2 aromatic rings. The molecule has 0 bridgehead atoms. The standard InChI is InChI=1S/C18H24N2S/c1-14(16-7-11-18(21-4)12-8-16)19-13-15-5-9-17(10-6-15)20(2)3/h5-12,14,19H,13H2,1-4H3. The molecule has 2 rings (SSSR count). The van der Waals surface area contributed by atoms with Gasteiger partial charge in [0.1, 0.15) is 0 Å². The van der Waals surface area contributed by atoms with Crippen LogP contribution in [0.4, 0.5) is 5.69 Å². The minimum absolute atomic E-state index is 0.356. The highest BCUT2D eigenvalue weighted by Crippen LogP contribution is 2.19. The third kappa shape index (κ3) is 4.51. The lowest BCUT2D eigenvalue weighted by molar-refractivity contribution is 0.574. The fourth-order valence-corrected chi connectivity index (χ4v) is 2.60. The van der Waals surface area contributed by atoms with Gasteiger partial charge in [-0.05, 0) is 48.6 Å². The molecule has 0 aliphatic rings. The first-order chi connectivity index (χ1) is 10.1. The number of anilines is 1. The summed E-state index contributed by atoms with van der Waals surface area (Å²) in [5.41, 5.74) is 3.88. The van der Waals surface area contributed by atoms with Crippen molar-refractivity contribution >= 4 is 17.4 Å². The molecule has 1 unspecified atom stereocenters. The number of benzene rings is 2. The summed E-state index contributed by atoms with van der Waals surface area (Å²) in [5, 5.41) is 3.58. The number of rotatable bonds is 6. The van der Waals surface area contributed by atoms with E-state index in [2.05, 4.69) is 86.0 Å². The maximum absolute atomic E-state index is 3.58. The minimum atomic E-state index is 0.356. The van der Waals surface area contributed by atoms with Crippen LogP contribution < -0.4 is 10.2 Å². The Morgan fingerprint density at radius 2 is 1.62 bits per heavy atom. The highest BCUT2D eigenvalue weighted by atomic mass is 32.2. The summed E-state index contributed by atoms with van der Waals surface area (Å²) in [4.78, 5) is 3.43. The molecule has 0 spiro atoms. The Kier molecular flexibility index (Phi) is 5.71. The Hall–Kier alpha value is -1.45. The van der Waals surface area contributed by atoms with Gasteiger partial charge in [-0.3, -0.25) is 0 Å². The lowest BCUT2D eigenvalue weighted by Crippen LogP contribution is -2.18. The van der Waals surface area contributed by atoms with E-state index >= 15 is 0 Å². The first kappa shape index (κ1) is 15.9. The van der Waals surface area contributed by atoms with E-state index < -0.39 is 0 Å². The monoisotopic (exact) mass is 300 g/mol. The maximum Gasteiger partial charge on any atom is 0.0361 e. The summed E-state index contributed by atoms with van der Waals surface area (Å²) in [5.74, 6) is 0. The molecule has 2 nitrogen and oxygen atoms in total. The molecular weight excluding hydrogens is 276 g/mol. The third-order valence-corrected chi connectivity index (χ3v) is 4.42. The smallest absolute Gasteiger partial charge is 0.0361 e. The van der Waals surface area contributed by atoms with Gasteiger partial charge >= 0.3 is 0 Å². The molecule has 1 atom stereocenters. The molecule has 1 N–H and O–H groups in total. The van der Waals surface area contributed by atoms with Crippen LogP contribution in [0.2, 0.25) is 0 Å². The zero-order valence-corrected chi connectivity index (χ0v) is 14.1. The summed E-state index contributed by atoms with van der Waals surface area (Å²) in [6.45, 7) is 3.10. The Morgan fingerprint density at radius 1 is 1.00 bits per heavy atom. The van der Waals surface area contributed by atoms with Gasteiger partial charge in [0.25, 0.3) is 0 Å². The first-order valence-electron chi connectivity index (χ1n) is 7.23. The van der Waals surface area contributed by atoms with E-state index in [0.717, 1.165) is 6.54 Å². The van der Waals surface area contributed by atoms with Crippen molar-refractivity contribution < 1.29 is 0 Å². The highest BCUT2D eigenvalue weighted by molar-refractivity contribution is 7.98. The number of thioether (sulfide) groups is 1. The molecular formula is C18H24N2S. The lowest BCUT2D eigenvalue weighted by atomic mass is 10.1. The molecule has 0 aromatic heterocycles. The van der Waals surface area contributed by atoms with Gasteiger partial charge in [-0.1, -0.05) is 24.3 Å². The third-order valence-electron chi connectivity index (χ3n) is 3.68. The van der Waals surface area contributed by atoms with Crippen molar-refractivity contribution in [2.75, 3.05) is 25.3 Å². The fraction of sp³-hybridized carbons (Fsp3) is 0.333. The number of hydrogen-bond acceptors (Lipinski definition) is 3. The molecule has 21 heavy (non-hydrogen) atoms. The normalized spacial score (nSPS) is 12.2. The molecule has 0 saturated heterocycles. The van der Waals surface area contributed by atoms with Crippen LogP contribution in [-0.2, 0) is 6.54 Å². The molecule has 0 radical (unpaired) electrons. The molecule has 2 aromatic carbocycles. The average molecular weight is 300 g/mol. The average Bonchev–Trinajstić information content (AvgIpc) is 2.53. The van der Waals surface area contributed by atoms with E-state index in [1.807, 2.05) is 0 Å². The number of nitrogens with one attached hydrogen (secondary N) is 1. The fourth-order valence-electron chi connectivity index (χ4n) is 2.19. The Morgan fingerprint density at radius 3 is 2.14 bits per heavy atom. The van der Waals surface area contributed by atoms with Crippen LogP contribution in [0.5, 0.6) is 0 Å². The molecule has 0 fully saturated rings. The van der Waals surface area contributed by atoms with E-state index in [9.17, 15) is 0 Å². The summed E-state index contributed by atoms with van der Waals surface area (Å²) >= 11 is 1.78. The Labute approximate surface area is 132 Å². The van der Waals surface area contributed by atoms with Crippen LogP contribution in [0.3, 0.4) is 0 Å². The number of hydrogen-bond donors (Lipinski definition) is 1. The van der Waals surface area contributed by atoms with Crippen LogP contribution in [0.15, 0.2) is 53.4 Å². The lowest BCUT2D eigenvalue weighted by Gasteiger charge is -2.16. The molecule has 0 aliphatic carbocycles. The maximum atomic E-state index is 3.58. The van der Waals surface area contributed by atoms with Crippen LogP contribution in [-0.4, -0.2) is 20.4 Å². The summed E-state index contributed by atoms with van der Waals surface area (Å²) in [6, 6.07) is 17.8. The van der Waals surface area contributed by atoms with Crippen molar-refractivity contribution in [3.8, 4) is 0 Å². The van der Waals surface area contributed by atoms with E-state index in [0.29, 0.717) is 6.04 Å². The first-order valence-corrected chi connectivity index (χ1v) is 8.46.